The standard InChI is InChI=1S/C51H78N12O13/c1-7-29(4)43(63-49(74)37(23-28(2)3)57-31(6)65)51(76)61-39(25-33-16-18-34(66)19-17-33)47(72)56-30(5)45(70)60-36(20-21-41(53)67)46(71)55-26-42(68)58-38(24-32-13-9-8-10-14-32)48(73)62-40(27-64)50(75)59-35(44(54)69)15-11-12-22-52/h8-10,13-14,16-19,28-30,35-40,43,64,66H,7,11-12,15,20-27,52H2,1-6H3,(H2,53,67)(H2,54,69)(H,55,71)(H,56,72)(H,57,65)(H,58,68)(H,59,75)(H,60,70)(H,61,76)(H,62,73)(H,63,74)/t29-,30-,35-,36-,37-,38-,39-,40-,43-/m0/s1. The molecule has 0 aliphatic carbocycles. The van der Waals surface area contributed by atoms with E-state index >= 15 is 0 Å². The van der Waals surface area contributed by atoms with Crippen LogP contribution in [-0.4, -0.2) is 143 Å². The number of aromatic hydroxyl groups is 1. The number of rotatable bonds is 34. The molecule has 0 fully saturated rings. The van der Waals surface area contributed by atoms with Crippen LogP contribution in [0.25, 0.3) is 0 Å². The first kappa shape index (κ1) is 64.4. The molecule has 0 saturated carbocycles. The number of hydrogen-bond acceptors (Lipinski definition) is 14. The number of aliphatic hydroxyl groups is 1. The number of phenolic OH excluding ortho intramolecular Hbond substituents is 1. The van der Waals surface area contributed by atoms with Crippen molar-refractivity contribution in [2.24, 2.45) is 29.0 Å². The van der Waals surface area contributed by atoms with Crippen molar-refractivity contribution < 1.29 is 63.0 Å². The highest BCUT2D eigenvalue weighted by Gasteiger charge is 2.35. The molecule has 25 nitrogen and oxygen atoms in total. The van der Waals surface area contributed by atoms with E-state index in [4.69, 9.17) is 17.2 Å². The highest BCUT2D eigenvalue weighted by Crippen LogP contribution is 2.15. The van der Waals surface area contributed by atoms with Crippen LogP contribution in [0.3, 0.4) is 0 Å². The summed E-state index contributed by atoms with van der Waals surface area (Å²) >= 11 is 0. The Labute approximate surface area is 442 Å². The van der Waals surface area contributed by atoms with Gasteiger partial charge in [-0.15, -0.1) is 0 Å². The summed E-state index contributed by atoms with van der Waals surface area (Å²) in [6.45, 7) is 8.46. The molecule has 0 heterocycles. The number of benzene rings is 2. The first-order chi connectivity index (χ1) is 35.9. The molecule has 0 aliphatic rings. The van der Waals surface area contributed by atoms with Gasteiger partial charge in [-0.1, -0.05) is 76.6 Å². The Hall–Kier alpha value is -7.67. The van der Waals surface area contributed by atoms with Gasteiger partial charge in [-0.05, 0) is 80.7 Å². The second-order valence-electron chi connectivity index (χ2n) is 19.0. The lowest BCUT2D eigenvalue weighted by Gasteiger charge is -2.29. The highest BCUT2D eigenvalue weighted by molar-refractivity contribution is 5.98. The maximum atomic E-state index is 14.0. The first-order valence-corrected chi connectivity index (χ1v) is 25.3. The lowest BCUT2D eigenvalue weighted by molar-refractivity contribution is -0.136. The number of amides is 11. The summed E-state index contributed by atoms with van der Waals surface area (Å²) in [5.41, 5.74) is 17.4. The van der Waals surface area contributed by atoms with Gasteiger partial charge in [0, 0.05) is 26.2 Å². The highest BCUT2D eigenvalue weighted by atomic mass is 16.3. The molecule has 11 amide bonds. The third-order valence-electron chi connectivity index (χ3n) is 12.0. The minimum absolute atomic E-state index is 0.00222. The molecule has 0 aliphatic heterocycles. The first-order valence-electron chi connectivity index (χ1n) is 25.3. The third-order valence-corrected chi connectivity index (χ3v) is 12.0. The van der Waals surface area contributed by atoms with Crippen LogP contribution in [0.4, 0.5) is 0 Å². The number of carbonyl (C=O) groups is 11. The predicted molar refractivity (Wildman–Crippen MR) is 278 cm³/mol. The van der Waals surface area contributed by atoms with Gasteiger partial charge >= 0.3 is 0 Å². The zero-order valence-corrected chi connectivity index (χ0v) is 44.1. The molecule has 0 bridgehead atoms. The van der Waals surface area contributed by atoms with Crippen LogP contribution in [0, 0.1) is 11.8 Å². The SMILES string of the molecule is CC[C@H](C)[C@H](NC(=O)[C@H](CC(C)C)NC(C)=O)C(=O)N[C@@H](Cc1ccc(O)cc1)C(=O)N[C@@H](C)C(=O)N[C@@H](CCC(N)=O)C(=O)NCC(=O)N[C@@H](Cc1ccccc1)C(=O)N[C@@H](CO)C(=O)N[C@@H](CCCCN)C(N)=O. The summed E-state index contributed by atoms with van der Waals surface area (Å²) in [4.78, 5) is 145. The average Bonchev–Trinajstić information content (AvgIpc) is 3.36. The van der Waals surface area contributed by atoms with Crippen LogP contribution < -0.4 is 65.1 Å². The van der Waals surface area contributed by atoms with Crippen LogP contribution in [0.5, 0.6) is 5.75 Å². The summed E-state index contributed by atoms with van der Waals surface area (Å²) in [5, 5.41) is 42.5. The van der Waals surface area contributed by atoms with Gasteiger partial charge in [0.15, 0.2) is 0 Å². The van der Waals surface area contributed by atoms with Crippen molar-refractivity contribution >= 4 is 65.0 Å². The van der Waals surface area contributed by atoms with Crippen LogP contribution in [0.15, 0.2) is 54.6 Å². The lowest BCUT2D eigenvalue weighted by atomic mass is 9.96. The Kier molecular flexibility index (Phi) is 28.2. The van der Waals surface area contributed by atoms with Crippen LogP contribution in [0.1, 0.15) is 97.6 Å². The van der Waals surface area contributed by atoms with Gasteiger partial charge in [0.25, 0.3) is 0 Å². The summed E-state index contributed by atoms with van der Waals surface area (Å²) in [5.74, 6) is -9.52. The van der Waals surface area contributed by atoms with E-state index in [9.17, 15) is 63.0 Å². The Balaban J connectivity index is 2.28. The number of aliphatic hydroxyl groups excluding tert-OH is 1. The molecule has 420 valence electrons. The molecule has 9 atom stereocenters. The monoisotopic (exact) mass is 1070 g/mol. The largest absolute Gasteiger partial charge is 0.508 e. The fraction of sp³-hybridized carbons (Fsp3) is 0.549. The average molecular weight is 1070 g/mol. The van der Waals surface area contributed by atoms with Crippen molar-refractivity contribution in [1.82, 2.24) is 47.9 Å². The van der Waals surface area contributed by atoms with Gasteiger partial charge < -0.3 is 75.3 Å². The van der Waals surface area contributed by atoms with E-state index in [0.717, 1.165) is 0 Å². The minimum Gasteiger partial charge on any atom is -0.508 e. The Morgan fingerprint density at radius 1 is 0.566 bits per heavy atom. The zero-order chi connectivity index (χ0) is 57.1. The summed E-state index contributed by atoms with van der Waals surface area (Å²) in [6, 6.07) is 3.68. The van der Waals surface area contributed by atoms with Crippen molar-refractivity contribution in [1.29, 1.82) is 0 Å². The molecule has 76 heavy (non-hydrogen) atoms. The van der Waals surface area contributed by atoms with Crippen molar-refractivity contribution in [2.45, 2.75) is 148 Å². The molecule has 2 aromatic rings. The quantitative estimate of drug-likeness (QED) is 0.0315. The van der Waals surface area contributed by atoms with E-state index in [1.54, 1.807) is 44.2 Å². The summed E-state index contributed by atoms with van der Waals surface area (Å²) in [7, 11) is 0. The topological polar surface area (TPSA) is 415 Å². The number of hydrogen-bond donors (Lipinski definition) is 14. The molecule has 0 unspecified atom stereocenters. The molecule has 17 N–H and O–H groups in total. The van der Waals surface area contributed by atoms with E-state index in [1.165, 1.54) is 38.1 Å². The Bertz CT molecular complexity index is 2290. The van der Waals surface area contributed by atoms with Crippen LogP contribution in [0.2, 0.25) is 0 Å². The normalized spacial score (nSPS) is 14.5. The van der Waals surface area contributed by atoms with E-state index in [1.807, 2.05) is 13.8 Å². The van der Waals surface area contributed by atoms with Gasteiger partial charge in [-0.3, -0.25) is 52.7 Å². The fourth-order valence-corrected chi connectivity index (χ4v) is 7.59. The van der Waals surface area contributed by atoms with E-state index < -0.39 is 139 Å². The molecule has 0 radical (unpaired) electrons. The second kappa shape index (κ2) is 33.3. The van der Waals surface area contributed by atoms with E-state index in [-0.39, 0.29) is 43.8 Å². The summed E-state index contributed by atoms with van der Waals surface area (Å²) < 4.78 is 0. The molecule has 2 rings (SSSR count). The number of phenols is 1. The molecule has 25 heteroatoms. The third kappa shape index (κ3) is 23.7. The van der Waals surface area contributed by atoms with Gasteiger partial charge in [-0.25, -0.2) is 0 Å². The smallest absolute Gasteiger partial charge is 0.245 e. The van der Waals surface area contributed by atoms with E-state index in [2.05, 4.69) is 47.9 Å². The van der Waals surface area contributed by atoms with Gasteiger partial charge in [0.2, 0.25) is 65.0 Å². The number of nitrogens with two attached hydrogens (primary N) is 3. The van der Waals surface area contributed by atoms with E-state index in [0.29, 0.717) is 36.9 Å². The Morgan fingerprint density at radius 2 is 1.11 bits per heavy atom. The molecule has 0 saturated heterocycles. The maximum Gasteiger partial charge on any atom is 0.245 e. The van der Waals surface area contributed by atoms with Crippen LogP contribution >= 0.6 is 0 Å². The minimum atomic E-state index is -1.57. The van der Waals surface area contributed by atoms with Crippen LogP contribution in [-0.2, 0) is 65.6 Å². The van der Waals surface area contributed by atoms with Gasteiger partial charge in [-0.2, -0.15) is 0 Å². The molecule has 2 aromatic carbocycles. The van der Waals surface area contributed by atoms with Crippen molar-refractivity contribution in [3.63, 3.8) is 0 Å². The number of primary amides is 2. The summed E-state index contributed by atoms with van der Waals surface area (Å²) in [6.07, 6.45) is 0.823. The molecule has 0 aromatic heterocycles. The zero-order valence-electron chi connectivity index (χ0n) is 44.1. The number of nitrogens with one attached hydrogen (secondary N) is 9. The van der Waals surface area contributed by atoms with Crippen molar-refractivity contribution in [3.8, 4) is 5.75 Å². The van der Waals surface area contributed by atoms with Crippen molar-refractivity contribution in [2.75, 3.05) is 19.7 Å². The maximum absolute atomic E-state index is 14.0. The second-order valence-corrected chi connectivity index (χ2v) is 19.0. The molecule has 0 spiro atoms. The van der Waals surface area contributed by atoms with Crippen molar-refractivity contribution in [3.05, 3.63) is 65.7 Å². The van der Waals surface area contributed by atoms with Gasteiger partial charge in [0.1, 0.15) is 54.1 Å². The molecular formula is C51H78N12O13. The lowest BCUT2D eigenvalue weighted by Crippen LogP contribution is -2.60. The number of unbranched alkanes of at least 4 members (excludes halogenated alkanes) is 1. The molecular weight excluding hydrogens is 989 g/mol. The number of carbonyl (C=O) groups excluding carboxylic acids is 11. The van der Waals surface area contributed by atoms with Gasteiger partial charge in [0.05, 0.1) is 13.2 Å². The fourth-order valence-electron chi connectivity index (χ4n) is 7.59. The predicted octanol–water partition coefficient (Wildman–Crippen LogP) is -2.82. The Morgan fingerprint density at radius 3 is 1.66 bits per heavy atom.